The van der Waals surface area contributed by atoms with Gasteiger partial charge in [0.1, 0.15) is 5.78 Å². The molecule has 1 nitrogen and oxygen atoms in total. The van der Waals surface area contributed by atoms with E-state index in [1.54, 1.807) is 0 Å². The summed E-state index contributed by atoms with van der Waals surface area (Å²) in [7, 11) is 0. The van der Waals surface area contributed by atoms with E-state index in [1.165, 1.54) is 44.1 Å². The zero-order valence-corrected chi connectivity index (χ0v) is 16.8. The van der Waals surface area contributed by atoms with Crippen molar-refractivity contribution < 1.29 is 4.79 Å². The number of benzene rings is 1. The summed E-state index contributed by atoms with van der Waals surface area (Å²) in [5.41, 5.74) is 0.931. The van der Waals surface area contributed by atoms with Crippen molar-refractivity contribution in [3.8, 4) is 0 Å². The number of rotatable bonds is 8. The standard InChI is InChI=1S/C26H34O/c1-3-5-7-10-21-13-15-24(16-14-21)26(25(27)4-2)19-17-23(18-20-26)22-11-8-6-9-12-22/h3,6,8-9,11-12,17-21,23-24H,1,4-5,7,10,13-16H2,2H3. The first-order chi connectivity index (χ1) is 13.2. The van der Waals surface area contributed by atoms with Gasteiger partial charge in [-0.25, -0.2) is 0 Å². The molecular formula is C26H34O. The Morgan fingerprint density at radius 2 is 1.78 bits per heavy atom. The molecule has 2 aliphatic carbocycles. The van der Waals surface area contributed by atoms with Crippen LogP contribution in [0.5, 0.6) is 0 Å². The summed E-state index contributed by atoms with van der Waals surface area (Å²) >= 11 is 0. The molecule has 1 aromatic carbocycles. The van der Waals surface area contributed by atoms with E-state index in [1.807, 2.05) is 13.0 Å². The summed E-state index contributed by atoms with van der Waals surface area (Å²) in [4.78, 5) is 13.0. The Hall–Kier alpha value is -1.89. The van der Waals surface area contributed by atoms with E-state index in [0.717, 1.165) is 12.3 Å². The highest BCUT2D eigenvalue weighted by Gasteiger charge is 2.42. The minimum Gasteiger partial charge on any atom is -0.298 e. The molecule has 0 bridgehead atoms. The predicted molar refractivity (Wildman–Crippen MR) is 115 cm³/mol. The van der Waals surface area contributed by atoms with E-state index in [9.17, 15) is 4.79 Å². The van der Waals surface area contributed by atoms with Gasteiger partial charge in [-0.15, -0.1) is 6.58 Å². The molecule has 2 aliphatic rings. The van der Waals surface area contributed by atoms with Gasteiger partial charge in [-0.05, 0) is 43.1 Å². The maximum atomic E-state index is 13.0. The van der Waals surface area contributed by atoms with Gasteiger partial charge in [-0.1, -0.05) is 86.9 Å². The lowest BCUT2D eigenvalue weighted by atomic mass is 9.62. The highest BCUT2D eigenvalue weighted by Crippen LogP contribution is 2.47. The molecule has 0 atom stereocenters. The number of carbonyl (C=O) groups is 1. The molecule has 3 rings (SSSR count). The number of allylic oxidation sites excluding steroid dienone is 5. The third-order valence-corrected chi connectivity index (χ3v) is 6.69. The summed E-state index contributed by atoms with van der Waals surface area (Å²) in [6, 6.07) is 10.6. The van der Waals surface area contributed by atoms with Gasteiger partial charge in [-0.3, -0.25) is 4.79 Å². The normalized spacial score (nSPS) is 30.2. The van der Waals surface area contributed by atoms with Gasteiger partial charge in [0.25, 0.3) is 0 Å². The van der Waals surface area contributed by atoms with Crippen LogP contribution in [0.2, 0.25) is 0 Å². The molecule has 0 amide bonds. The molecule has 0 heterocycles. The van der Waals surface area contributed by atoms with Crippen molar-refractivity contribution in [2.75, 3.05) is 0 Å². The fourth-order valence-electron chi connectivity index (χ4n) is 5.01. The Bertz CT molecular complexity index is 659. The lowest BCUT2D eigenvalue weighted by Gasteiger charge is -2.41. The van der Waals surface area contributed by atoms with Gasteiger partial charge in [-0.2, -0.15) is 0 Å². The fourth-order valence-corrected chi connectivity index (χ4v) is 5.01. The van der Waals surface area contributed by atoms with Crippen LogP contribution in [0.1, 0.15) is 69.8 Å². The Kier molecular flexibility index (Phi) is 6.88. The van der Waals surface area contributed by atoms with Gasteiger partial charge in [0.2, 0.25) is 0 Å². The van der Waals surface area contributed by atoms with E-state index >= 15 is 0 Å². The van der Waals surface area contributed by atoms with Crippen LogP contribution in [0.3, 0.4) is 0 Å². The molecule has 0 aromatic heterocycles. The van der Waals surface area contributed by atoms with E-state index in [4.69, 9.17) is 0 Å². The van der Waals surface area contributed by atoms with Crippen LogP contribution in [0.15, 0.2) is 67.3 Å². The van der Waals surface area contributed by atoms with E-state index in [-0.39, 0.29) is 5.41 Å². The van der Waals surface area contributed by atoms with Crippen molar-refractivity contribution in [3.05, 3.63) is 72.9 Å². The number of hydrogen-bond acceptors (Lipinski definition) is 1. The van der Waals surface area contributed by atoms with Gasteiger partial charge < -0.3 is 0 Å². The third kappa shape index (κ3) is 4.51. The van der Waals surface area contributed by atoms with Crippen molar-refractivity contribution in [2.24, 2.45) is 17.3 Å². The van der Waals surface area contributed by atoms with Crippen LogP contribution in [-0.2, 0) is 4.79 Å². The maximum absolute atomic E-state index is 13.0. The topological polar surface area (TPSA) is 17.1 Å². The first-order valence-electron chi connectivity index (χ1n) is 10.8. The SMILES string of the molecule is C=CCCCC1CCC(C2(C(=O)CC)C=CC(c3ccccc3)C=C2)CC1. The minimum absolute atomic E-state index is 0.291. The molecule has 0 aliphatic heterocycles. The van der Waals surface area contributed by atoms with Crippen LogP contribution in [0.4, 0.5) is 0 Å². The zero-order valence-electron chi connectivity index (χ0n) is 16.8. The maximum Gasteiger partial charge on any atom is 0.146 e. The first kappa shape index (κ1) is 19.9. The fraction of sp³-hybridized carbons (Fsp3) is 0.500. The molecule has 0 spiro atoms. The van der Waals surface area contributed by atoms with Crippen molar-refractivity contribution in [1.82, 2.24) is 0 Å². The van der Waals surface area contributed by atoms with E-state index < -0.39 is 0 Å². The van der Waals surface area contributed by atoms with Crippen molar-refractivity contribution in [1.29, 1.82) is 0 Å². The summed E-state index contributed by atoms with van der Waals surface area (Å²) in [6.45, 7) is 5.84. The lowest BCUT2D eigenvalue weighted by molar-refractivity contribution is -0.126. The molecule has 27 heavy (non-hydrogen) atoms. The third-order valence-electron chi connectivity index (χ3n) is 6.69. The van der Waals surface area contributed by atoms with Gasteiger partial charge in [0.05, 0.1) is 5.41 Å². The first-order valence-corrected chi connectivity index (χ1v) is 10.8. The van der Waals surface area contributed by atoms with Crippen LogP contribution >= 0.6 is 0 Å². The molecule has 0 saturated heterocycles. The minimum atomic E-state index is -0.369. The van der Waals surface area contributed by atoms with E-state index in [2.05, 4.69) is 61.2 Å². The molecule has 0 unspecified atom stereocenters. The van der Waals surface area contributed by atoms with E-state index in [0.29, 0.717) is 24.0 Å². The Balaban J connectivity index is 1.70. The molecule has 1 saturated carbocycles. The largest absolute Gasteiger partial charge is 0.298 e. The lowest BCUT2D eigenvalue weighted by Crippen LogP contribution is -2.38. The Morgan fingerprint density at radius 1 is 1.11 bits per heavy atom. The van der Waals surface area contributed by atoms with Crippen LogP contribution < -0.4 is 0 Å². The smallest absolute Gasteiger partial charge is 0.146 e. The van der Waals surface area contributed by atoms with Crippen LogP contribution in [0, 0.1) is 17.3 Å². The molecule has 1 aromatic rings. The van der Waals surface area contributed by atoms with Gasteiger partial charge in [0, 0.05) is 12.3 Å². The average molecular weight is 363 g/mol. The molecule has 1 heteroatoms. The summed E-state index contributed by atoms with van der Waals surface area (Å²) in [5, 5.41) is 0. The summed E-state index contributed by atoms with van der Waals surface area (Å²) in [5.74, 6) is 1.98. The zero-order chi connectivity index (χ0) is 19.1. The predicted octanol–water partition coefficient (Wildman–Crippen LogP) is 7.02. The number of Topliss-reactive ketones (excluding diaryl/α,β-unsaturated/α-hetero) is 1. The molecular weight excluding hydrogens is 328 g/mol. The molecule has 1 fully saturated rings. The van der Waals surface area contributed by atoms with Gasteiger partial charge in [0.15, 0.2) is 0 Å². The van der Waals surface area contributed by atoms with Gasteiger partial charge >= 0.3 is 0 Å². The number of carbonyl (C=O) groups excluding carboxylic acids is 1. The Labute approximate surface area is 165 Å². The average Bonchev–Trinajstić information content (AvgIpc) is 2.74. The highest BCUT2D eigenvalue weighted by molar-refractivity contribution is 5.89. The summed E-state index contributed by atoms with van der Waals surface area (Å²) < 4.78 is 0. The van der Waals surface area contributed by atoms with Crippen molar-refractivity contribution in [2.45, 2.75) is 64.2 Å². The van der Waals surface area contributed by atoms with Crippen LogP contribution in [-0.4, -0.2) is 5.78 Å². The van der Waals surface area contributed by atoms with Crippen molar-refractivity contribution >= 4 is 5.78 Å². The Morgan fingerprint density at radius 3 is 2.37 bits per heavy atom. The number of ketones is 1. The second kappa shape index (κ2) is 9.35. The number of hydrogen-bond donors (Lipinski definition) is 0. The second-order valence-corrected chi connectivity index (χ2v) is 8.30. The molecule has 0 radical (unpaired) electrons. The van der Waals surface area contributed by atoms with Crippen LogP contribution in [0.25, 0.3) is 0 Å². The number of unbranched alkanes of at least 4 members (excludes halogenated alkanes) is 1. The summed E-state index contributed by atoms with van der Waals surface area (Å²) in [6.07, 6.45) is 20.3. The highest BCUT2D eigenvalue weighted by atomic mass is 16.1. The molecule has 0 N–H and O–H groups in total. The monoisotopic (exact) mass is 362 g/mol. The molecule has 144 valence electrons. The second-order valence-electron chi connectivity index (χ2n) is 8.30. The quantitative estimate of drug-likeness (QED) is 0.358. The van der Waals surface area contributed by atoms with Crippen molar-refractivity contribution in [3.63, 3.8) is 0 Å².